The number of hydrogen-bond donors (Lipinski definition) is 0. The molecule has 0 fully saturated rings. The summed E-state index contributed by atoms with van der Waals surface area (Å²) >= 11 is 5.99. The molecule has 0 radical (unpaired) electrons. The van der Waals surface area contributed by atoms with Gasteiger partial charge in [-0.25, -0.2) is 4.79 Å². The van der Waals surface area contributed by atoms with E-state index in [0.29, 0.717) is 11.3 Å². The molecule has 0 N–H and O–H groups in total. The monoisotopic (exact) mass is 374 g/mol. The lowest BCUT2D eigenvalue weighted by Gasteiger charge is -2.11. The van der Waals surface area contributed by atoms with Gasteiger partial charge in [-0.1, -0.05) is 31.5 Å². The topological polar surface area (TPSA) is 44.1 Å². The van der Waals surface area contributed by atoms with Gasteiger partial charge in [0.1, 0.15) is 5.69 Å². The molecule has 0 spiro atoms. The van der Waals surface area contributed by atoms with Crippen LogP contribution in [0.4, 0.5) is 13.2 Å². The summed E-state index contributed by atoms with van der Waals surface area (Å²) < 4.78 is 44.6. The maximum absolute atomic E-state index is 12.7. The average Bonchev–Trinajstić information content (AvgIpc) is 2.93. The zero-order chi connectivity index (χ0) is 18.8. The highest BCUT2D eigenvalue weighted by atomic mass is 35.5. The molecule has 1 aromatic heterocycles. The molecule has 4 nitrogen and oxygen atoms in total. The predicted octanol–water partition coefficient (Wildman–Crippen LogP) is 4.90. The number of aromatic nitrogens is 2. The zero-order valence-corrected chi connectivity index (χ0v) is 14.8. The van der Waals surface area contributed by atoms with Crippen molar-refractivity contribution in [2.45, 2.75) is 39.4 Å². The van der Waals surface area contributed by atoms with Crippen molar-refractivity contribution in [3.8, 4) is 0 Å². The van der Waals surface area contributed by atoms with Gasteiger partial charge in [-0.2, -0.15) is 18.3 Å². The maximum atomic E-state index is 12.7. The fourth-order valence-corrected chi connectivity index (χ4v) is 2.46. The molecule has 2 aromatic rings. The van der Waals surface area contributed by atoms with Crippen molar-refractivity contribution in [1.29, 1.82) is 0 Å². The van der Waals surface area contributed by atoms with E-state index < -0.39 is 17.7 Å². The second-order valence-electron chi connectivity index (χ2n) is 5.79. The summed E-state index contributed by atoms with van der Waals surface area (Å²) in [5.41, 5.74) is 0.529. The summed E-state index contributed by atoms with van der Waals surface area (Å²) in [6, 6.07) is 4.74. The number of hydrogen-bond acceptors (Lipinski definition) is 3. The standard InChI is InChI=1S/C17H18ClF3N2O2/c1-4-25-16(24)15-8-14(10(2)3)22-23(15)9-11-5-6-12(7-13(11)18)17(19,20)21/h5-8,10H,4,9H2,1-3H3. The Labute approximate surface area is 148 Å². The molecule has 0 saturated heterocycles. The quantitative estimate of drug-likeness (QED) is 0.699. The number of nitrogens with zero attached hydrogens (tertiary/aromatic N) is 2. The third-order valence-corrected chi connectivity index (χ3v) is 3.93. The molecule has 25 heavy (non-hydrogen) atoms. The number of carbonyl (C=O) groups excluding carboxylic acids is 1. The molecule has 0 amide bonds. The maximum Gasteiger partial charge on any atom is 0.416 e. The summed E-state index contributed by atoms with van der Waals surface area (Å²) in [4.78, 5) is 12.1. The number of benzene rings is 1. The lowest BCUT2D eigenvalue weighted by Crippen LogP contribution is -2.14. The minimum absolute atomic E-state index is 0.0359. The summed E-state index contributed by atoms with van der Waals surface area (Å²) in [7, 11) is 0. The van der Waals surface area contributed by atoms with Gasteiger partial charge in [-0.15, -0.1) is 0 Å². The van der Waals surface area contributed by atoms with Crippen molar-refractivity contribution in [3.05, 3.63) is 51.8 Å². The van der Waals surface area contributed by atoms with Crippen LogP contribution in [0.1, 0.15) is 54.0 Å². The Morgan fingerprint density at radius 1 is 1.32 bits per heavy atom. The molecule has 0 unspecified atom stereocenters. The molecule has 136 valence electrons. The van der Waals surface area contributed by atoms with Crippen LogP contribution >= 0.6 is 11.6 Å². The number of ether oxygens (including phenoxy) is 1. The van der Waals surface area contributed by atoms with Crippen LogP contribution in [0.5, 0.6) is 0 Å². The van der Waals surface area contributed by atoms with Crippen LogP contribution in [-0.2, 0) is 17.5 Å². The van der Waals surface area contributed by atoms with Crippen LogP contribution < -0.4 is 0 Å². The SMILES string of the molecule is CCOC(=O)c1cc(C(C)C)nn1Cc1ccc(C(F)(F)F)cc1Cl. The predicted molar refractivity (Wildman–Crippen MR) is 87.8 cm³/mol. The van der Waals surface area contributed by atoms with E-state index in [1.807, 2.05) is 13.8 Å². The smallest absolute Gasteiger partial charge is 0.416 e. The van der Waals surface area contributed by atoms with E-state index in [0.717, 1.165) is 12.1 Å². The molecule has 0 bridgehead atoms. The third-order valence-electron chi connectivity index (χ3n) is 3.58. The molecule has 0 aliphatic carbocycles. The Balaban J connectivity index is 2.37. The Hall–Kier alpha value is -2.02. The van der Waals surface area contributed by atoms with Gasteiger partial charge in [0, 0.05) is 5.02 Å². The number of esters is 1. The number of carbonyl (C=O) groups is 1. The van der Waals surface area contributed by atoms with Crippen molar-refractivity contribution in [3.63, 3.8) is 0 Å². The van der Waals surface area contributed by atoms with Gasteiger partial charge in [0.05, 0.1) is 24.4 Å². The Morgan fingerprint density at radius 3 is 2.52 bits per heavy atom. The van der Waals surface area contributed by atoms with E-state index in [4.69, 9.17) is 16.3 Å². The van der Waals surface area contributed by atoms with E-state index in [2.05, 4.69) is 5.10 Å². The van der Waals surface area contributed by atoms with Gasteiger partial charge in [-0.05, 0) is 36.6 Å². The lowest BCUT2D eigenvalue weighted by molar-refractivity contribution is -0.137. The third kappa shape index (κ3) is 4.54. The first-order valence-corrected chi connectivity index (χ1v) is 8.11. The highest BCUT2D eigenvalue weighted by molar-refractivity contribution is 6.31. The second-order valence-corrected chi connectivity index (χ2v) is 6.20. The highest BCUT2D eigenvalue weighted by Crippen LogP contribution is 2.32. The molecule has 0 aliphatic heterocycles. The number of halogens is 4. The van der Waals surface area contributed by atoms with Crippen LogP contribution in [0.2, 0.25) is 5.02 Å². The average molecular weight is 375 g/mol. The normalized spacial score (nSPS) is 11.8. The van der Waals surface area contributed by atoms with Gasteiger partial charge >= 0.3 is 12.1 Å². The van der Waals surface area contributed by atoms with E-state index in [-0.39, 0.29) is 29.8 Å². The fraction of sp³-hybridized carbons (Fsp3) is 0.412. The Kier molecular flexibility index (Phi) is 5.77. The first-order valence-electron chi connectivity index (χ1n) is 7.74. The molecule has 0 aliphatic rings. The van der Waals surface area contributed by atoms with Crippen LogP contribution in [0.25, 0.3) is 0 Å². The largest absolute Gasteiger partial charge is 0.461 e. The van der Waals surface area contributed by atoms with Gasteiger partial charge in [0.15, 0.2) is 0 Å². The van der Waals surface area contributed by atoms with Gasteiger partial charge in [0.25, 0.3) is 0 Å². The fourth-order valence-electron chi connectivity index (χ4n) is 2.22. The first-order chi connectivity index (χ1) is 11.6. The number of alkyl halides is 3. The second kappa shape index (κ2) is 7.47. The van der Waals surface area contributed by atoms with Crippen molar-refractivity contribution in [2.75, 3.05) is 6.61 Å². The molecular weight excluding hydrogens is 357 g/mol. The lowest BCUT2D eigenvalue weighted by atomic mass is 10.1. The zero-order valence-electron chi connectivity index (χ0n) is 14.0. The van der Waals surface area contributed by atoms with Crippen LogP contribution in [0, 0.1) is 0 Å². The summed E-state index contributed by atoms with van der Waals surface area (Å²) in [5, 5.41) is 4.32. The molecule has 2 rings (SSSR count). The van der Waals surface area contributed by atoms with Crippen LogP contribution in [0.3, 0.4) is 0 Å². The minimum atomic E-state index is -4.46. The van der Waals surface area contributed by atoms with E-state index in [1.54, 1.807) is 13.0 Å². The highest BCUT2D eigenvalue weighted by Gasteiger charge is 2.31. The minimum Gasteiger partial charge on any atom is -0.461 e. The first kappa shape index (κ1) is 19.3. The van der Waals surface area contributed by atoms with E-state index >= 15 is 0 Å². The molecule has 1 aromatic carbocycles. The Bertz CT molecular complexity index is 770. The summed E-state index contributed by atoms with van der Waals surface area (Å²) in [6.07, 6.45) is -4.46. The molecule has 8 heteroatoms. The molecule has 1 heterocycles. The van der Waals surface area contributed by atoms with Crippen molar-refractivity contribution in [1.82, 2.24) is 9.78 Å². The van der Waals surface area contributed by atoms with E-state index in [9.17, 15) is 18.0 Å². The van der Waals surface area contributed by atoms with Gasteiger partial charge in [-0.3, -0.25) is 4.68 Å². The van der Waals surface area contributed by atoms with Gasteiger partial charge in [0.2, 0.25) is 0 Å². The van der Waals surface area contributed by atoms with Crippen molar-refractivity contribution in [2.24, 2.45) is 0 Å². The van der Waals surface area contributed by atoms with Crippen LogP contribution in [0.15, 0.2) is 24.3 Å². The molecular formula is C17H18ClF3N2O2. The van der Waals surface area contributed by atoms with Crippen molar-refractivity contribution < 1.29 is 22.7 Å². The van der Waals surface area contributed by atoms with Gasteiger partial charge < -0.3 is 4.74 Å². The van der Waals surface area contributed by atoms with E-state index in [1.165, 1.54) is 10.7 Å². The summed E-state index contributed by atoms with van der Waals surface area (Å²) in [6.45, 7) is 5.81. The number of rotatable bonds is 5. The summed E-state index contributed by atoms with van der Waals surface area (Å²) in [5.74, 6) is -0.456. The molecule has 0 atom stereocenters. The van der Waals surface area contributed by atoms with Crippen molar-refractivity contribution >= 4 is 17.6 Å². The Morgan fingerprint density at radius 2 is 2.00 bits per heavy atom. The van der Waals surface area contributed by atoms with Crippen LogP contribution in [-0.4, -0.2) is 22.4 Å². The molecule has 0 saturated carbocycles.